The molecular formula is C25H19FN6O. The molecule has 33 heavy (non-hydrogen) atoms. The molecule has 1 fully saturated rings. The van der Waals surface area contributed by atoms with Crippen LogP contribution in [-0.4, -0.2) is 30.9 Å². The number of rotatable bonds is 5. The number of fused-ring (bicyclic) bond motifs is 1. The van der Waals surface area contributed by atoms with Gasteiger partial charge >= 0.3 is 0 Å². The molecule has 0 atom stereocenters. The van der Waals surface area contributed by atoms with Gasteiger partial charge < -0.3 is 10.3 Å². The third-order valence-corrected chi connectivity index (χ3v) is 5.74. The Hall–Kier alpha value is -4.33. The highest BCUT2D eigenvalue weighted by Crippen LogP contribution is 2.42. The summed E-state index contributed by atoms with van der Waals surface area (Å²) in [6.45, 7) is 0. The lowest BCUT2D eigenvalue weighted by atomic mass is 10.2. The summed E-state index contributed by atoms with van der Waals surface area (Å²) in [5, 5.41) is 11.4. The van der Waals surface area contributed by atoms with E-state index in [2.05, 4.69) is 25.6 Å². The molecule has 6 rings (SSSR count). The van der Waals surface area contributed by atoms with Crippen molar-refractivity contribution in [2.45, 2.75) is 18.8 Å². The van der Waals surface area contributed by atoms with Gasteiger partial charge in [-0.15, -0.1) is 5.10 Å². The Morgan fingerprint density at radius 3 is 2.58 bits per heavy atom. The summed E-state index contributed by atoms with van der Waals surface area (Å²) in [6, 6.07) is 21.3. The van der Waals surface area contributed by atoms with Crippen molar-refractivity contribution in [2.24, 2.45) is 0 Å². The van der Waals surface area contributed by atoms with E-state index in [0.29, 0.717) is 17.2 Å². The third-order valence-electron chi connectivity index (χ3n) is 5.74. The van der Waals surface area contributed by atoms with E-state index in [9.17, 15) is 9.18 Å². The van der Waals surface area contributed by atoms with Crippen molar-refractivity contribution >= 4 is 22.6 Å². The van der Waals surface area contributed by atoms with Crippen molar-refractivity contribution in [3.8, 4) is 17.1 Å². The van der Waals surface area contributed by atoms with Crippen LogP contribution in [-0.2, 0) is 0 Å². The Kier molecular flexibility index (Phi) is 4.50. The fourth-order valence-electron chi connectivity index (χ4n) is 3.96. The summed E-state index contributed by atoms with van der Waals surface area (Å²) in [6.07, 6.45) is 2.04. The number of carbonyl (C=O) groups is 1. The van der Waals surface area contributed by atoms with Crippen LogP contribution < -0.4 is 5.32 Å². The van der Waals surface area contributed by atoms with Gasteiger partial charge in [-0.2, -0.15) is 0 Å². The number of amides is 1. The average Bonchev–Trinajstić information content (AvgIpc) is 3.43. The van der Waals surface area contributed by atoms with Crippen LogP contribution in [0.5, 0.6) is 0 Å². The van der Waals surface area contributed by atoms with E-state index in [0.717, 1.165) is 40.8 Å². The van der Waals surface area contributed by atoms with Crippen molar-refractivity contribution in [1.29, 1.82) is 0 Å². The SMILES string of the molecule is O=C(Nc1ccc2nc(-c3ccc(F)cc3)[nH]c2c1)c1nnn(-c2ccccc2)c1C1CC1. The van der Waals surface area contributed by atoms with Gasteiger partial charge in [0, 0.05) is 17.2 Å². The predicted molar refractivity (Wildman–Crippen MR) is 123 cm³/mol. The van der Waals surface area contributed by atoms with Gasteiger partial charge in [0.15, 0.2) is 5.69 Å². The first kappa shape index (κ1) is 19.4. The lowest BCUT2D eigenvalue weighted by Crippen LogP contribution is -2.15. The molecule has 2 N–H and O–H groups in total. The zero-order chi connectivity index (χ0) is 22.4. The summed E-state index contributed by atoms with van der Waals surface area (Å²) in [5.41, 5.74) is 5.00. The summed E-state index contributed by atoms with van der Waals surface area (Å²) >= 11 is 0. The van der Waals surface area contributed by atoms with Crippen LogP contribution in [0.15, 0.2) is 72.8 Å². The maximum absolute atomic E-state index is 13.2. The van der Waals surface area contributed by atoms with Crippen LogP contribution in [0.1, 0.15) is 34.9 Å². The lowest BCUT2D eigenvalue weighted by molar-refractivity contribution is 0.102. The van der Waals surface area contributed by atoms with Crippen LogP contribution >= 0.6 is 0 Å². The summed E-state index contributed by atoms with van der Waals surface area (Å²) < 4.78 is 15.0. The molecule has 0 unspecified atom stereocenters. The van der Waals surface area contributed by atoms with Crippen LogP contribution in [0.25, 0.3) is 28.1 Å². The summed E-state index contributed by atoms with van der Waals surface area (Å²) in [5.74, 6) is 0.330. The van der Waals surface area contributed by atoms with Gasteiger partial charge in [0.25, 0.3) is 5.91 Å². The molecule has 0 aliphatic heterocycles. The van der Waals surface area contributed by atoms with Crippen molar-refractivity contribution in [3.63, 3.8) is 0 Å². The Bertz CT molecular complexity index is 1470. The molecule has 162 valence electrons. The molecule has 1 aliphatic rings. The Labute approximate surface area is 188 Å². The number of nitrogens with one attached hydrogen (secondary N) is 2. The number of nitrogens with zero attached hydrogens (tertiary/aromatic N) is 4. The first-order chi connectivity index (χ1) is 16.2. The highest BCUT2D eigenvalue weighted by Gasteiger charge is 2.34. The largest absolute Gasteiger partial charge is 0.338 e. The molecular weight excluding hydrogens is 419 g/mol. The standard InChI is InChI=1S/C25H19FN6O/c26-17-10-8-16(9-11-17)24-28-20-13-12-18(14-21(20)29-24)27-25(33)22-23(15-6-7-15)32(31-30-22)19-4-2-1-3-5-19/h1-5,8-15H,6-7H2,(H,27,33)(H,28,29). The number of aromatic nitrogens is 5. The molecule has 5 aromatic rings. The van der Waals surface area contributed by atoms with Crippen molar-refractivity contribution in [3.05, 3.63) is 90.0 Å². The quantitative estimate of drug-likeness (QED) is 0.401. The Morgan fingerprint density at radius 1 is 1.03 bits per heavy atom. The van der Waals surface area contributed by atoms with Gasteiger partial charge in [0.1, 0.15) is 11.6 Å². The summed E-state index contributed by atoms with van der Waals surface area (Å²) in [7, 11) is 0. The molecule has 0 saturated heterocycles. The molecule has 8 heteroatoms. The van der Waals surface area contributed by atoms with Gasteiger partial charge in [0.2, 0.25) is 0 Å². The first-order valence-electron chi connectivity index (χ1n) is 10.7. The van der Waals surface area contributed by atoms with E-state index in [1.54, 1.807) is 22.9 Å². The van der Waals surface area contributed by atoms with E-state index in [4.69, 9.17) is 0 Å². The molecule has 1 aliphatic carbocycles. The number of aromatic amines is 1. The number of H-pyrrole nitrogens is 1. The molecule has 1 amide bonds. The second-order valence-electron chi connectivity index (χ2n) is 8.12. The zero-order valence-electron chi connectivity index (χ0n) is 17.5. The fraction of sp³-hybridized carbons (Fsp3) is 0.120. The molecule has 2 aromatic heterocycles. The van der Waals surface area contributed by atoms with Gasteiger partial charge in [0.05, 0.1) is 22.4 Å². The van der Waals surface area contributed by atoms with Crippen molar-refractivity contribution in [2.75, 3.05) is 5.32 Å². The van der Waals surface area contributed by atoms with Crippen LogP contribution in [0.3, 0.4) is 0 Å². The maximum atomic E-state index is 13.2. The van der Waals surface area contributed by atoms with E-state index in [-0.39, 0.29) is 17.6 Å². The number of hydrogen-bond acceptors (Lipinski definition) is 4. The van der Waals surface area contributed by atoms with E-state index in [1.807, 2.05) is 42.5 Å². The highest BCUT2D eigenvalue weighted by molar-refractivity contribution is 6.04. The van der Waals surface area contributed by atoms with Crippen LogP contribution in [0.4, 0.5) is 10.1 Å². The van der Waals surface area contributed by atoms with E-state index in [1.165, 1.54) is 12.1 Å². The number of halogens is 1. The minimum atomic E-state index is -0.297. The van der Waals surface area contributed by atoms with Gasteiger partial charge in [-0.05, 0) is 67.4 Å². The number of imidazole rings is 1. The van der Waals surface area contributed by atoms with Gasteiger partial charge in [-0.25, -0.2) is 14.1 Å². The number of carbonyl (C=O) groups excluding carboxylic acids is 1. The number of anilines is 1. The fourth-order valence-corrected chi connectivity index (χ4v) is 3.96. The van der Waals surface area contributed by atoms with Crippen LogP contribution in [0.2, 0.25) is 0 Å². The second-order valence-corrected chi connectivity index (χ2v) is 8.12. The van der Waals surface area contributed by atoms with Crippen molar-refractivity contribution in [1.82, 2.24) is 25.0 Å². The van der Waals surface area contributed by atoms with E-state index < -0.39 is 0 Å². The molecule has 0 radical (unpaired) electrons. The van der Waals surface area contributed by atoms with Gasteiger partial charge in [-0.3, -0.25) is 4.79 Å². The predicted octanol–water partition coefficient (Wildman–Crippen LogP) is 5.08. The Balaban J connectivity index is 1.29. The topological polar surface area (TPSA) is 88.5 Å². The minimum absolute atomic E-state index is 0.286. The monoisotopic (exact) mass is 438 g/mol. The molecule has 0 spiro atoms. The zero-order valence-corrected chi connectivity index (χ0v) is 17.5. The van der Waals surface area contributed by atoms with Crippen molar-refractivity contribution < 1.29 is 9.18 Å². The maximum Gasteiger partial charge on any atom is 0.278 e. The van der Waals surface area contributed by atoms with E-state index >= 15 is 0 Å². The number of benzene rings is 3. The number of hydrogen-bond donors (Lipinski definition) is 2. The molecule has 0 bridgehead atoms. The normalized spacial score (nSPS) is 13.4. The lowest BCUT2D eigenvalue weighted by Gasteiger charge is -2.07. The molecule has 2 heterocycles. The average molecular weight is 438 g/mol. The highest BCUT2D eigenvalue weighted by atomic mass is 19.1. The molecule has 3 aromatic carbocycles. The second kappa shape index (κ2) is 7.67. The Morgan fingerprint density at radius 2 is 1.82 bits per heavy atom. The smallest absolute Gasteiger partial charge is 0.278 e. The minimum Gasteiger partial charge on any atom is -0.338 e. The molecule has 1 saturated carbocycles. The van der Waals surface area contributed by atoms with Crippen LogP contribution in [0, 0.1) is 5.82 Å². The molecule has 7 nitrogen and oxygen atoms in total. The third kappa shape index (κ3) is 3.65. The van der Waals surface area contributed by atoms with Gasteiger partial charge in [-0.1, -0.05) is 23.4 Å². The summed E-state index contributed by atoms with van der Waals surface area (Å²) in [4.78, 5) is 20.9. The number of para-hydroxylation sites is 1. The first-order valence-corrected chi connectivity index (χ1v) is 10.7.